The van der Waals surface area contributed by atoms with Crippen molar-refractivity contribution in [2.75, 3.05) is 13.7 Å². The first-order chi connectivity index (χ1) is 17.8. The molecule has 3 rings (SSSR count). The Kier molecular flexibility index (Phi) is 13.2. The molecule has 0 atom stereocenters. The molecule has 0 bridgehead atoms. The minimum atomic E-state index is -0.0742. The number of fused-ring (bicyclic) bond motifs is 2. The Morgan fingerprint density at radius 3 is 1.67 bits per heavy atom. The van der Waals surface area contributed by atoms with Gasteiger partial charge in [-0.05, 0) is 47.2 Å². The third kappa shape index (κ3) is 10.2. The molecular formula is C33H46O3. The summed E-state index contributed by atoms with van der Waals surface area (Å²) in [6, 6.07) is 19.4. The number of ether oxygens (including phenoxy) is 2. The molecule has 3 aromatic carbocycles. The predicted molar refractivity (Wildman–Crippen MR) is 153 cm³/mol. The zero-order valence-corrected chi connectivity index (χ0v) is 22.4. The quantitative estimate of drug-likeness (QED) is 0.0952. The van der Waals surface area contributed by atoms with Crippen molar-refractivity contribution in [2.24, 2.45) is 0 Å². The van der Waals surface area contributed by atoms with Gasteiger partial charge in [-0.1, -0.05) is 120 Å². The molecule has 0 amide bonds. The summed E-state index contributed by atoms with van der Waals surface area (Å²) in [5.74, 6) is 0.937. The summed E-state index contributed by atoms with van der Waals surface area (Å²) in [7, 11) is 1.47. The SMILES string of the molecule is COC(=O)CCCCCCCCCCCCCCCCCOc1cccc2cc3ccccc3cc12. The molecule has 0 radical (unpaired) electrons. The lowest BCUT2D eigenvalue weighted by atomic mass is 10.0. The molecule has 0 aliphatic carbocycles. The Balaban J connectivity index is 1.13. The average molecular weight is 491 g/mol. The topological polar surface area (TPSA) is 35.5 Å². The van der Waals surface area contributed by atoms with Crippen LogP contribution in [-0.4, -0.2) is 19.7 Å². The van der Waals surface area contributed by atoms with Crippen LogP contribution in [-0.2, 0) is 9.53 Å². The summed E-state index contributed by atoms with van der Waals surface area (Å²) < 4.78 is 10.9. The van der Waals surface area contributed by atoms with E-state index in [4.69, 9.17) is 4.74 Å². The minimum absolute atomic E-state index is 0.0742. The number of hydrogen-bond acceptors (Lipinski definition) is 3. The normalized spacial score (nSPS) is 11.2. The van der Waals surface area contributed by atoms with Crippen molar-refractivity contribution in [2.45, 2.75) is 103 Å². The Morgan fingerprint density at radius 1 is 0.583 bits per heavy atom. The molecule has 0 heterocycles. The molecule has 3 nitrogen and oxygen atoms in total. The van der Waals surface area contributed by atoms with Gasteiger partial charge in [-0.25, -0.2) is 0 Å². The highest BCUT2D eigenvalue weighted by atomic mass is 16.5. The highest BCUT2D eigenvalue weighted by Gasteiger charge is 2.04. The van der Waals surface area contributed by atoms with E-state index < -0.39 is 0 Å². The molecule has 0 saturated carbocycles. The van der Waals surface area contributed by atoms with Crippen LogP contribution in [0.4, 0.5) is 0 Å². The van der Waals surface area contributed by atoms with E-state index in [1.807, 2.05) is 0 Å². The van der Waals surface area contributed by atoms with Crippen LogP contribution in [0.2, 0.25) is 0 Å². The van der Waals surface area contributed by atoms with Gasteiger partial charge >= 0.3 is 5.97 Å². The molecule has 0 saturated heterocycles. The van der Waals surface area contributed by atoms with Crippen LogP contribution in [0.5, 0.6) is 5.75 Å². The van der Waals surface area contributed by atoms with Gasteiger partial charge in [0, 0.05) is 11.8 Å². The van der Waals surface area contributed by atoms with E-state index in [0.29, 0.717) is 6.42 Å². The van der Waals surface area contributed by atoms with Crippen LogP contribution in [0.25, 0.3) is 21.5 Å². The fraction of sp³-hybridized carbons (Fsp3) is 0.545. The van der Waals surface area contributed by atoms with Crippen LogP contribution in [0.1, 0.15) is 103 Å². The van der Waals surface area contributed by atoms with E-state index in [1.165, 1.54) is 106 Å². The van der Waals surface area contributed by atoms with Crippen molar-refractivity contribution in [1.82, 2.24) is 0 Å². The van der Waals surface area contributed by atoms with E-state index in [0.717, 1.165) is 31.6 Å². The summed E-state index contributed by atoms with van der Waals surface area (Å²) in [5.41, 5.74) is 0. The second kappa shape index (κ2) is 17.0. The molecule has 0 unspecified atom stereocenters. The number of carbonyl (C=O) groups excluding carboxylic acids is 1. The number of hydrogen-bond donors (Lipinski definition) is 0. The smallest absolute Gasteiger partial charge is 0.305 e. The van der Waals surface area contributed by atoms with E-state index in [-0.39, 0.29) is 5.97 Å². The minimum Gasteiger partial charge on any atom is -0.493 e. The van der Waals surface area contributed by atoms with Gasteiger partial charge in [0.2, 0.25) is 0 Å². The lowest BCUT2D eigenvalue weighted by molar-refractivity contribution is -0.140. The molecular weight excluding hydrogens is 444 g/mol. The molecule has 0 fully saturated rings. The van der Waals surface area contributed by atoms with Gasteiger partial charge in [0.1, 0.15) is 5.75 Å². The molecule has 3 heteroatoms. The second-order valence-corrected chi connectivity index (χ2v) is 10.2. The number of esters is 1. The average Bonchev–Trinajstić information content (AvgIpc) is 2.91. The van der Waals surface area contributed by atoms with Crippen molar-refractivity contribution in [3.8, 4) is 5.75 Å². The zero-order valence-electron chi connectivity index (χ0n) is 22.4. The highest BCUT2D eigenvalue weighted by molar-refractivity contribution is 6.00. The molecule has 196 valence electrons. The van der Waals surface area contributed by atoms with Crippen molar-refractivity contribution in [3.05, 3.63) is 54.6 Å². The molecule has 0 aliphatic heterocycles. The van der Waals surface area contributed by atoms with E-state index in [1.54, 1.807) is 0 Å². The van der Waals surface area contributed by atoms with Gasteiger partial charge in [0.15, 0.2) is 0 Å². The van der Waals surface area contributed by atoms with Crippen molar-refractivity contribution >= 4 is 27.5 Å². The maximum absolute atomic E-state index is 11.1. The molecule has 0 N–H and O–H groups in total. The Bertz CT molecular complexity index is 1030. The van der Waals surface area contributed by atoms with Crippen LogP contribution in [0, 0.1) is 0 Å². The maximum atomic E-state index is 11.1. The first-order valence-electron chi connectivity index (χ1n) is 14.4. The number of unbranched alkanes of at least 4 members (excludes halogenated alkanes) is 14. The van der Waals surface area contributed by atoms with Crippen LogP contribution < -0.4 is 4.74 Å². The summed E-state index contributed by atoms with van der Waals surface area (Å²) in [4.78, 5) is 11.1. The van der Waals surface area contributed by atoms with Crippen LogP contribution in [0.15, 0.2) is 54.6 Å². The monoisotopic (exact) mass is 490 g/mol. The molecule has 3 aromatic rings. The fourth-order valence-corrected chi connectivity index (χ4v) is 5.02. The second-order valence-electron chi connectivity index (χ2n) is 10.2. The lowest BCUT2D eigenvalue weighted by Gasteiger charge is -2.10. The standard InChI is InChI=1S/C33H46O3/c1-35-33(34)24-15-13-11-9-7-5-3-2-4-6-8-10-12-14-18-25-36-32-23-19-22-30-26-28-20-16-17-21-29(28)27-31(30)32/h16-17,19-23,26-27H,2-15,18,24-25H2,1H3. The van der Waals surface area contributed by atoms with Gasteiger partial charge in [-0.2, -0.15) is 0 Å². The number of methoxy groups -OCH3 is 1. The first-order valence-corrected chi connectivity index (χ1v) is 14.4. The largest absolute Gasteiger partial charge is 0.493 e. The van der Waals surface area contributed by atoms with Gasteiger partial charge in [0.25, 0.3) is 0 Å². The van der Waals surface area contributed by atoms with Crippen molar-refractivity contribution in [3.63, 3.8) is 0 Å². The number of carbonyl (C=O) groups is 1. The van der Waals surface area contributed by atoms with Gasteiger partial charge in [-0.3, -0.25) is 4.79 Å². The van der Waals surface area contributed by atoms with E-state index in [2.05, 4.69) is 59.3 Å². The maximum Gasteiger partial charge on any atom is 0.305 e. The van der Waals surface area contributed by atoms with Crippen molar-refractivity contribution in [1.29, 1.82) is 0 Å². The van der Waals surface area contributed by atoms with Gasteiger partial charge < -0.3 is 9.47 Å². The Hall–Kier alpha value is -2.55. The van der Waals surface area contributed by atoms with Gasteiger partial charge in [-0.15, -0.1) is 0 Å². The van der Waals surface area contributed by atoms with E-state index in [9.17, 15) is 4.79 Å². The summed E-state index contributed by atoms with van der Waals surface area (Å²) >= 11 is 0. The third-order valence-corrected chi connectivity index (χ3v) is 7.22. The van der Waals surface area contributed by atoms with E-state index >= 15 is 0 Å². The Morgan fingerprint density at radius 2 is 1.08 bits per heavy atom. The Labute approximate surface area is 218 Å². The fourth-order valence-electron chi connectivity index (χ4n) is 5.02. The summed E-state index contributed by atoms with van der Waals surface area (Å²) in [6.07, 6.45) is 19.9. The third-order valence-electron chi connectivity index (χ3n) is 7.22. The summed E-state index contributed by atoms with van der Waals surface area (Å²) in [5, 5.41) is 5.01. The molecule has 36 heavy (non-hydrogen) atoms. The zero-order chi connectivity index (χ0) is 25.3. The molecule has 0 aromatic heterocycles. The van der Waals surface area contributed by atoms with Crippen LogP contribution >= 0.6 is 0 Å². The number of benzene rings is 3. The highest BCUT2D eigenvalue weighted by Crippen LogP contribution is 2.30. The number of rotatable bonds is 19. The summed E-state index contributed by atoms with van der Waals surface area (Å²) in [6.45, 7) is 0.803. The molecule has 0 aliphatic rings. The van der Waals surface area contributed by atoms with Crippen molar-refractivity contribution < 1.29 is 14.3 Å². The first kappa shape index (κ1) is 28.0. The van der Waals surface area contributed by atoms with Gasteiger partial charge in [0.05, 0.1) is 13.7 Å². The lowest BCUT2D eigenvalue weighted by Crippen LogP contribution is -1.99. The molecule has 0 spiro atoms. The predicted octanol–water partition coefficient (Wildman–Crippen LogP) is 9.79. The van der Waals surface area contributed by atoms with Crippen LogP contribution in [0.3, 0.4) is 0 Å².